The van der Waals surface area contributed by atoms with Crippen LogP contribution < -0.4 is 5.32 Å². The van der Waals surface area contributed by atoms with Gasteiger partial charge in [0, 0.05) is 5.69 Å². The molecule has 0 bridgehead atoms. The van der Waals surface area contributed by atoms with Gasteiger partial charge in [-0.25, -0.2) is 0 Å². The van der Waals surface area contributed by atoms with E-state index in [2.05, 4.69) is 5.32 Å². The lowest BCUT2D eigenvalue weighted by Gasteiger charge is -2.20. The Balaban J connectivity index is 2.66. The van der Waals surface area contributed by atoms with Crippen LogP contribution >= 0.6 is 0 Å². The summed E-state index contributed by atoms with van der Waals surface area (Å²) >= 11 is 0. The van der Waals surface area contributed by atoms with E-state index in [1.54, 1.807) is 6.92 Å². The lowest BCUT2D eigenvalue weighted by atomic mass is 10.1. The molecule has 0 unspecified atom stereocenters. The Kier molecular flexibility index (Phi) is 6.21. The molecule has 1 aromatic carbocycles. The first kappa shape index (κ1) is 17.0. The summed E-state index contributed by atoms with van der Waals surface area (Å²) in [6.07, 6.45) is 0.156. The smallest absolute Gasteiger partial charge is 0.325 e. The van der Waals surface area contributed by atoms with E-state index >= 15 is 0 Å². The fourth-order valence-electron chi connectivity index (χ4n) is 1.76. The van der Waals surface area contributed by atoms with Gasteiger partial charge in [-0.05, 0) is 39.3 Å². The van der Waals surface area contributed by atoms with Gasteiger partial charge in [0.2, 0.25) is 0 Å². The van der Waals surface area contributed by atoms with Crippen molar-refractivity contribution in [2.24, 2.45) is 0 Å². The summed E-state index contributed by atoms with van der Waals surface area (Å²) in [4.78, 5) is 23.2. The predicted molar refractivity (Wildman–Crippen MR) is 81.1 cm³/mol. The molecule has 1 rings (SSSR count). The van der Waals surface area contributed by atoms with Gasteiger partial charge in [0.1, 0.15) is 12.1 Å². The lowest BCUT2D eigenvalue weighted by Crippen LogP contribution is -2.25. The minimum Gasteiger partial charge on any atom is -0.465 e. The zero-order chi connectivity index (χ0) is 15.9. The number of hydrogen-bond donors (Lipinski definition) is 1. The second-order valence-electron chi connectivity index (χ2n) is 5.58. The van der Waals surface area contributed by atoms with Crippen LogP contribution in [-0.4, -0.2) is 30.7 Å². The Hall–Kier alpha value is -2.04. The highest BCUT2D eigenvalue weighted by Gasteiger charge is 2.17. The zero-order valence-electron chi connectivity index (χ0n) is 13.1. The number of benzene rings is 1. The molecule has 5 nitrogen and oxygen atoms in total. The summed E-state index contributed by atoms with van der Waals surface area (Å²) in [5.41, 5.74) is 1.01. The van der Waals surface area contributed by atoms with Gasteiger partial charge in [-0.2, -0.15) is 0 Å². The number of anilines is 1. The minimum atomic E-state index is -0.510. The number of ether oxygens (including phenoxy) is 2. The van der Waals surface area contributed by atoms with E-state index in [0.29, 0.717) is 6.61 Å². The Morgan fingerprint density at radius 2 is 1.81 bits per heavy atom. The van der Waals surface area contributed by atoms with Crippen LogP contribution in [0.3, 0.4) is 0 Å². The molecule has 116 valence electrons. The lowest BCUT2D eigenvalue weighted by molar-refractivity contribution is -0.153. The summed E-state index contributed by atoms with van der Waals surface area (Å²) in [5.74, 6) is -0.627. The Bertz CT molecular complexity index is 491. The van der Waals surface area contributed by atoms with Gasteiger partial charge in [-0.15, -0.1) is 0 Å². The Labute approximate surface area is 125 Å². The molecule has 0 heterocycles. The van der Waals surface area contributed by atoms with Crippen molar-refractivity contribution in [3.8, 4) is 0 Å². The number of rotatable bonds is 6. The van der Waals surface area contributed by atoms with Gasteiger partial charge in [0.25, 0.3) is 0 Å². The van der Waals surface area contributed by atoms with Gasteiger partial charge in [-0.1, -0.05) is 18.2 Å². The van der Waals surface area contributed by atoms with Gasteiger partial charge in [0.05, 0.1) is 13.0 Å². The van der Waals surface area contributed by atoms with Crippen molar-refractivity contribution >= 4 is 17.6 Å². The van der Waals surface area contributed by atoms with Gasteiger partial charge in [0.15, 0.2) is 0 Å². The predicted octanol–water partition coefficient (Wildman–Crippen LogP) is 2.55. The van der Waals surface area contributed by atoms with Crippen LogP contribution in [0.25, 0.3) is 0 Å². The van der Waals surface area contributed by atoms with Gasteiger partial charge in [-0.3, -0.25) is 9.59 Å². The summed E-state index contributed by atoms with van der Waals surface area (Å²) in [7, 11) is 0. The van der Waals surface area contributed by atoms with Crippen molar-refractivity contribution in [3.63, 3.8) is 0 Å². The van der Waals surface area contributed by atoms with E-state index in [9.17, 15) is 9.59 Å². The number of nitrogens with one attached hydrogen (secondary N) is 1. The number of carbonyl (C=O) groups is 2. The highest BCUT2D eigenvalue weighted by molar-refractivity contribution is 5.78. The maximum Gasteiger partial charge on any atom is 0.325 e. The summed E-state index contributed by atoms with van der Waals surface area (Å²) in [5, 5.41) is 2.98. The van der Waals surface area contributed by atoms with E-state index < -0.39 is 5.60 Å². The second-order valence-corrected chi connectivity index (χ2v) is 5.58. The summed E-state index contributed by atoms with van der Waals surface area (Å²) in [6.45, 7) is 7.66. The number of esters is 2. The molecule has 0 aliphatic heterocycles. The molecule has 0 aliphatic carbocycles. The first-order chi connectivity index (χ1) is 9.81. The molecule has 0 amide bonds. The van der Waals surface area contributed by atoms with Crippen molar-refractivity contribution in [3.05, 3.63) is 29.8 Å². The molecule has 0 radical (unpaired) electrons. The van der Waals surface area contributed by atoms with E-state index in [1.807, 2.05) is 45.0 Å². The van der Waals surface area contributed by atoms with Crippen LogP contribution in [-0.2, 0) is 25.5 Å². The Morgan fingerprint density at radius 3 is 2.43 bits per heavy atom. The van der Waals surface area contributed by atoms with Crippen molar-refractivity contribution in [2.45, 2.75) is 39.7 Å². The average Bonchev–Trinajstić information content (AvgIpc) is 2.35. The molecule has 0 fully saturated rings. The van der Waals surface area contributed by atoms with Gasteiger partial charge < -0.3 is 14.8 Å². The molecular formula is C16H23NO4. The monoisotopic (exact) mass is 293 g/mol. The van der Waals surface area contributed by atoms with Crippen LogP contribution in [0.4, 0.5) is 5.69 Å². The number of para-hydroxylation sites is 1. The molecule has 1 aromatic rings. The van der Waals surface area contributed by atoms with E-state index in [1.165, 1.54) is 0 Å². The SMILES string of the molecule is CCOC(=O)CNc1ccccc1CC(=O)OC(C)(C)C. The fraction of sp³-hybridized carbons (Fsp3) is 0.500. The van der Waals surface area contributed by atoms with Crippen LogP contribution in [0.2, 0.25) is 0 Å². The van der Waals surface area contributed by atoms with Crippen molar-refractivity contribution < 1.29 is 19.1 Å². The molecule has 0 aliphatic rings. The molecule has 0 saturated carbocycles. The van der Waals surface area contributed by atoms with E-state index in [0.717, 1.165) is 11.3 Å². The Morgan fingerprint density at radius 1 is 1.14 bits per heavy atom. The highest BCUT2D eigenvalue weighted by atomic mass is 16.6. The number of carbonyl (C=O) groups excluding carboxylic acids is 2. The van der Waals surface area contributed by atoms with Gasteiger partial charge >= 0.3 is 11.9 Å². The third-order valence-corrected chi connectivity index (χ3v) is 2.50. The average molecular weight is 293 g/mol. The number of hydrogen-bond acceptors (Lipinski definition) is 5. The molecule has 1 N–H and O–H groups in total. The minimum absolute atomic E-state index is 0.0686. The van der Waals surface area contributed by atoms with Crippen LogP contribution in [0.15, 0.2) is 24.3 Å². The van der Waals surface area contributed by atoms with E-state index in [4.69, 9.17) is 9.47 Å². The molecule has 0 atom stereocenters. The first-order valence-electron chi connectivity index (χ1n) is 7.01. The molecule has 5 heteroatoms. The van der Waals surface area contributed by atoms with Crippen molar-refractivity contribution in [2.75, 3.05) is 18.5 Å². The van der Waals surface area contributed by atoms with Crippen LogP contribution in [0.1, 0.15) is 33.3 Å². The van der Waals surface area contributed by atoms with Crippen LogP contribution in [0.5, 0.6) is 0 Å². The summed E-state index contributed by atoms with van der Waals surface area (Å²) < 4.78 is 10.2. The first-order valence-corrected chi connectivity index (χ1v) is 7.01. The molecule has 21 heavy (non-hydrogen) atoms. The largest absolute Gasteiger partial charge is 0.465 e. The maximum atomic E-state index is 11.9. The van der Waals surface area contributed by atoms with Crippen molar-refractivity contribution in [1.29, 1.82) is 0 Å². The third-order valence-electron chi connectivity index (χ3n) is 2.50. The van der Waals surface area contributed by atoms with E-state index in [-0.39, 0.29) is 24.9 Å². The normalized spacial score (nSPS) is 10.9. The molecular weight excluding hydrogens is 270 g/mol. The third kappa shape index (κ3) is 6.79. The zero-order valence-corrected chi connectivity index (χ0v) is 13.1. The topological polar surface area (TPSA) is 64.6 Å². The second kappa shape index (κ2) is 7.67. The fourth-order valence-corrected chi connectivity index (χ4v) is 1.76. The maximum absolute atomic E-state index is 11.9. The molecule has 0 aromatic heterocycles. The molecule has 0 spiro atoms. The van der Waals surface area contributed by atoms with Crippen molar-refractivity contribution in [1.82, 2.24) is 0 Å². The van der Waals surface area contributed by atoms with Crippen LogP contribution in [0, 0.1) is 0 Å². The standard InChI is InChI=1S/C16H23NO4/c1-5-20-15(19)11-17-13-9-7-6-8-12(13)10-14(18)21-16(2,3)4/h6-9,17H,5,10-11H2,1-4H3. The quantitative estimate of drug-likeness (QED) is 0.817. The summed E-state index contributed by atoms with van der Waals surface area (Å²) in [6, 6.07) is 7.33. The molecule has 0 saturated heterocycles. The highest BCUT2D eigenvalue weighted by Crippen LogP contribution is 2.17.